The lowest BCUT2D eigenvalue weighted by molar-refractivity contribution is 0.255. The standard InChI is InChI=1S/C7H8N4O/c1-2-8-7(12)11-6-9-4-3-5-10-6/h2-5H,1H2,(H2,8,9,10,11,12). The molecular formula is C7H8N4O. The van der Waals surface area contributed by atoms with Crippen LogP contribution in [-0.2, 0) is 0 Å². The van der Waals surface area contributed by atoms with E-state index in [-0.39, 0.29) is 5.95 Å². The molecule has 0 saturated carbocycles. The lowest BCUT2D eigenvalue weighted by Crippen LogP contribution is -2.24. The predicted molar refractivity (Wildman–Crippen MR) is 44.4 cm³/mol. The summed E-state index contributed by atoms with van der Waals surface area (Å²) in [5, 5.41) is 4.73. The number of aromatic nitrogens is 2. The van der Waals surface area contributed by atoms with Crippen LogP contribution in [0.25, 0.3) is 0 Å². The van der Waals surface area contributed by atoms with Gasteiger partial charge in [0.1, 0.15) is 0 Å². The minimum atomic E-state index is -0.406. The zero-order valence-electron chi connectivity index (χ0n) is 6.32. The van der Waals surface area contributed by atoms with Crippen molar-refractivity contribution in [3.63, 3.8) is 0 Å². The van der Waals surface area contributed by atoms with Crippen LogP contribution in [-0.4, -0.2) is 16.0 Å². The minimum Gasteiger partial charge on any atom is -0.315 e. The van der Waals surface area contributed by atoms with E-state index in [1.165, 1.54) is 18.6 Å². The van der Waals surface area contributed by atoms with Crippen LogP contribution in [0.5, 0.6) is 0 Å². The smallest absolute Gasteiger partial charge is 0.315 e. The maximum absolute atomic E-state index is 10.8. The molecule has 0 aliphatic carbocycles. The second kappa shape index (κ2) is 4.07. The highest BCUT2D eigenvalue weighted by Crippen LogP contribution is 1.92. The van der Waals surface area contributed by atoms with Crippen LogP contribution in [0, 0.1) is 0 Å². The Labute approximate surface area is 69.5 Å². The fourth-order valence-electron chi connectivity index (χ4n) is 0.594. The average Bonchev–Trinajstić information content (AvgIpc) is 2.06. The SMILES string of the molecule is C=CNC(=O)Nc1ncccn1. The molecule has 1 rings (SSSR count). The first kappa shape index (κ1) is 8.19. The molecule has 12 heavy (non-hydrogen) atoms. The Kier molecular flexibility index (Phi) is 2.78. The Morgan fingerprint density at radius 2 is 2.17 bits per heavy atom. The predicted octanol–water partition coefficient (Wildman–Crippen LogP) is 0.742. The van der Waals surface area contributed by atoms with E-state index in [1.807, 2.05) is 0 Å². The molecule has 0 bridgehead atoms. The summed E-state index contributed by atoms with van der Waals surface area (Å²) in [7, 11) is 0. The Balaban J connectivity index is 2.52. The van der Waals surface area contributed by atoms with Crippen LogP contribution in [0.15, 0.2) is 31.2 Å². The van der Waals surface area contributed by atoms with E-state index in [1.54, 1.807) is 6.07 Å². The van der Waals surface area contributed by atoms with E-state index in [0.29, 0.717) is 0 Å². The maximum atomic E-state index is 10.8. The molecule has 5 nitrogen and oxygen atoms in total. The summed E-state index contributed by atoms with van der Waals surface area (Å²) in [5.41, 5.74) is 0. The zero-order valence-corrected chi connectivity index (χ0v) is 6.32. The number of amides is 2. The van der Waals surface area contributed by atoms with Gasteiger partial charge in [-0.25, -0.2) is 14.8 Å². The van der Waals surface area contributed by atoms with E-state index in [4.69, 9.17) is 0 Å². The highest BCUT2D eigenvalue weighted by atomic mass is 16.2. The summed E-state index contributed by atoms with van der Waals surface area (Å²) in [4.78, 5) is 18.4. The van der Waals surface area contributed by atoms with E-state index < -0.39 is 6.03 Å². The maximum Gasteiger partial charge on any atom is 0.325 e. The van der Waals surface area contributed by atoms with Gasteiger partial charge >= 0.3 is 6.03 Å². The molecular weight excluding hydrogens is 156 g/mol. The van der Waals surface area contributed by atoms with E-state index in [0.717, 1.165) is 0 Å². The van der Waals surface area contributed by atoms with Gasteiger partial charge in [0.25, 0.3) is 0 Å². The van der Waals surface area contributed by atoms with Gasteiger partial charge in [-0.15, -0.1) is 0 Å². The van der Waals surface area contributed by atoms with Crippen molar-refractivity contribution in [3.8, 4) is 0 Å². The Morgan fingerprint density at radius 3 is 2.75 bits per heavy atom. The molecule has 0 spiro atoms. The molecule has 1 aromatic rings. The summed E-state index contributed by atoms with van der Waals surface area (Å²) in [6.45, 7) is 3.33. The largest absolute Gasteiger partial charge is 0.325 e. The first-order valence-corrected chi connectivity index (χ1v) is 3.28. The molecule has 0 aromatic carbocycles. The van der Waals surface area contributed by atoms with E-state index >= 15 is 0 Å². The molecule has 0 unspecified atom stereocenters. The summed E-state index contributed by atoms with van der Waals surface area (Å²) < 4.78 is 0. The number of hydrogen-bond donors (Lipinski definition) is 2. The average molecular weight is 164 g/mol. The van der Waals surface area contributed by atoms with Gasteiger partial charge in [-0.3, -0.25) is 5.32 Å². The summed E-state index contributed by atoms with van der Waals surface area (Å²) >= 11 is 0. The topological polar surface area (TPSA) is 66.9 Å². The lowest BCUT2D eigenvalue weighted by Gasteiger charge is -2.00. The highest BCUT2D eigenvalue weighted by Gasteiger charge is 1.98. The van der Waals surface area contributed by atoms with Gasteiger partial charge in [-0.1, -0.05) is 6.58 Å². The third-order valence-corrected chi connectivity index (χ3v) is 1.02. The molecule has 62 valence electrons. The summed E-state index contributed by atoms with van der Waals surface area (Å²) in [5.74, 6) is 0.261. The van der Waals surface area contributed by atoms with Crippen LogP contribution < -0.4 is 10.6 Å². The second-order valence-electron chi connectivity index (χ2n) is 1.87. The van der Waals surface area contributed by atoms with Crippen LogP contribution in [0.4, 0.5) is 10.7 Å². The van der Waals surface area contributed by atoms with Crippen LogP contribution in [0.3, 0.4) is 0 Å². The fourth-order valence-corrected chi connectivity index (χ4v) is 0.594. The lowest BCUT2D eigenvalue weighted by atomic mass is 10.7. The molecule has 1 aromatic heterocycles. The quantitative estimate of drug-likeness (QED) is 0.677. The zero-order chi connectivity index (χ0) is 8.81. The summed E-state index contributed by atoms with van der Waals surface area (Å²) in [6, 6.07) is 1.26. The first-order chi connectivity index (χ1) is 5.83. The van der Waals surface area contributed by atoms with E-state index in [9.17, 15) is 4.79 Å². The van der Waals surface area contributed by atoms with Gasteiger partial charge in [-0.05, 0) is 12.3 Å². The molecule has 0 atom stereocenters. The van der Waals surface area contributed by atoms with Gasteiger partial charge in [0.15, 0.2) is 0 Å². The molecule has 0 aliphatic rings. The number of carbonyl (C=O) groups is 1. The molecule has 0 fully saturated rings. The van der Waals surface area contributed by atoms with Crippen LogP contribution in [0.1, 0.15) is 0 Å². The van der Waals surface area contributed by atoms with Crippen molar-refractivity contribution >= 4 is 12.0 Å². The number of urea groups is 1. The molecule has 2 N–H and O–H groups in total. The van der Waals surface area contributed by atoms with Crippen molar-refractivity contribution in [3.05, 3.63) is 31.2 Å². The number of carbonyl (C=O) groups excluding carboxylic acids is 1. The van der Waals surface area contributed by atoms with Crippen molar-refractivity contribution in [2.45, 2.75) is 0 Å². The minimum absolute atomic E-state index is 0.261. The Hall–Kier alpha value is -1.91. The van der Waals surface area contributed by atoms with Crippen LogP contribution in [0.2, 0.25) is 0 Å². The van der Waals surface area contributed by atoms with Gasteiger partial charge in [0, 0.05) is 12.4 Å². The van der Waals surface area contributed by atoms with E-state index in [2.05, 4.69) is 27.2 Å². The number of rotatable bonds is 2. The second-order valence-corrected chi connectivity index (χ2v) is 1.87. The van der Waals surface area contributed by atoms with Crippen molar-refractivity contribution in [2.75, 3.05) is 5.32 Å². The Bertz CT molecular complexity index is 272. The first-order valence-electron chi connectivity index (χ1n) is 3.28. The normalized spacial score (nSPS) is 8.67. The number of anilines is 1. The monoisotopic (exact) mass is 164 g/mol. The van der Waals surface area contributed by atoms with Gasteiger partial charge in [0.2, 0.25) is 5.95 Å². The molecule has 0 radical (unpaired) electrons. The Morgan fingerprint density at radius 1 is 1.50 bits per heavy atom. The third-order valence-electron chi connectivity index (χ3n) is 1.02. The van der Waals surface area contributed by atoms with Gasteiger partial charge in [0.05, 0.1) is 0 Å². The molecule has 5 heteroatoms. The number of hydrogen-bond acceptors (Lipinski definition) is 3. The molecule has 1 heterocycles. The van der Waals surface area contributed by atoms with Gasteiger partial charge < -0.3 is 5.32 Å². The van der Waals surface area contributed by atoms with Crippen molar-refractivity contribution in [2.24, 2.45) is 0 Å². The molecule has 0 aliphatic heterocycles. The van der Waals surface area contributed by atoms with Crippen LogP contribution >= 0.6 is 0 Å². The number of nitrogens with zero attached hydrogens (tertiary/aromatic N) is 2. The molecule has 0 saturated heterocycles. The summed E-state index contributed by atoms with van der Waals surface area (Å²) in [6.07, 6.45) is 4.35. The molecule has 2 amide bonds. The van der Waals surface area contributed by atoms with Crippen molar-refractivity contribution in [1.82, 2.24) is 15.3 Å². The third kappa shape index (κ3) is 2.37. The highest BCUT2D eigenvalue weighted by molar-refractivity contribution is 5.87. The fraction of sp³-hybridized carbons (Fsp3) is 0. The van der Waals surface area contributed by atoms with Crippen molar-refractivity contribution < 1.29 is 4.79 Å². The number of nitrogens with one attached hydrogen (secondary N) is 2. The van der Waals surface area contributed by atoms with Crippen molar-refractivity contribution in [1.29, 1.82) is 0 Å². The van der Waals surface area contributed by atoms with Gasteiger partial charge in [-0.2, -0.15) is 0 Å².